The number of nitrogens with one attached hydrogen (secondary N) is 2. The van der Waals surface area contributed by atoms with Crippen LogP contribution in [-0.2, 0) is 9.53 Å². The Morgan fingerprint density at radius 1 is 1.04 bits per heavy atom. The minimum atomic E-state index is -0.607. The Balaban J connectivity index is 2.10. The molecule has 2 N–H and O–H groups in total. The molecular formula is C19H17N3O3S. The number of hydrogen-bond acceptors (Lipinski definition) is 6. The number of ether oxygens (including phenoxy) is 1. The number of hydrogen-bond donors (Lipinski definition) is 3. The van der Waals surface area contributed by atoms with E-state index in [0.717, 1.165) is 0 Å². The monoisotopic (exact) mass is 367 g/mol. The summed E-state index contributed by atoms with van der Waals surface area (Å²) >= 11 is 4.21. The molecule has 0 saturated heterocycles. The number of para-hydroxylation sites is 1. The van der Waals surface area contributed by atoms with Crippen molar-refractivity contribution in [2.75, 3.05) is 17.2 Å². The van der Waals surface area contributed by atoms with E-state index in [2.05, 4.69) is 23.3 Å². The van der Waals surface area contributed by atoms with Gasteiger partial charge in [-0.25, -0.2) is 4.79 Å². The number of carbonyl (C=O) groups excluding carboxylic acids is 2. The maximum atomic E-state index is 12.3. The molecule has 0 spiro atoms. The minimum Gasteiger partial charge on any atom is -0.462 e. The fourth-order valence-electron chi connectivity index (χ4n) is 2.03. The fourth-order valence-corrected chi connectivity index (χ4v) is 2.31. The maximum absolute atomic E-state index is 12.3. The molecule has 0 unspecified atom stereocenters. The van der Waals surface area contributed by atoms with E-state index in [1.54, 1.807) is 31.2 Å². The largest absolute Gasteiger partial charge is 0.462 e. The molecule has 7 heteroatoms. The van der Waals surface area contributed by atoms with Gasteiger partial charge in [0.2, 0.25) is 0 Å². The number of nitrogens with zero attached hydrogens (tertiary/aromatic N) is 1. The molecule has 0 aliphatic carbocycles. The van der Waals surface area contributed by atoms with Crippen LogP contribution in [0.15, 0.2) is 65.2 Å². The predicted octanol–water partition coefficient (Wildman–Crippen LogP) is 3.58. The molecule has 26 heavy (non-hydrogen) atoms. The third-order valence-corrected chi connectivity index (χ3v) is 3.60. The van der Waals surface area contributed by atoms with Crippen molar-refractivity contribution >= 4 is 35.9 Å². The molecule has 132 valence electrons. The number of esters is 1. The summed E-state index contributed by atoms with van der Waals surface area (Å²) in [6.45, 7) is 2.01. The van der Waals surface area contributed by atoms with Crippen LogP contribution in [0.2, 0.25) is 0 Å². The molecule has 2 aromatic carbocycles. The van der Waals surface area contributed by atoms with Gasteiger partial charge in [-0.3, -0.25) is 4.79 Å². The van der Waals surface area contributed by atoms with Gasteiger partial charge in [0.15, 0.2) is 0 Å². The van der Waals surface area contributed by atoms with Crippen LogP contribution in [0.4, 0.5) is 11.4 Å². The minimum absolute atomic E-state index is 0.138. The molecule has 0 aromatic heterocycles. The molecule has 6 nitrogen and oxygen atoms in total. The zero-order valence-corrected chi connectivity index (χ0v) is 14.9. The summed E-state index contributed by atoms with van der Waals surface area (Å²) in [4.78, 5) is 23.9. The van der Waals surface area contributed by atoms with Gasteiger partial charge in [0.05, 0.1) is 17.2 Å². The van der Waals surface area contributed by atoms with Crippen LogP contribution in [0.5, 0.6) is 0 Å². The molecule has 0 bridgehead atoms. The molecule has 0 aliphatic heterocycles. The molecule has 0 radical (unpaired) electrons. The SMILES string of the molecule is CCOC(=O)c1ccc(NC(=O)C(C#N)=C(S)Nc2ccccc2)cc1. The average Bonchev–Trinajstić information content (AvgIpc) is 2.64. The van der Waals surface area contributed by atoms with Crippen LogP contribution in [0.25, 0.3) is 0 Å². The van der Waals surface area contributed by atoms with E-state index < -0.39 is 11.9 Å². The number of nitriles is 1. The zero-order valence-electron chi connectivity index (χ0n) is 14.0. The average molecular weight is 367 g/mol. The Labute approximate surface area is 156 Å². The number of thiol groups is 1. The predicted molar refractivity (Wildman–Crippen MR) is 103 cm³/mol. The highest BCUT2D eigenvalue weighted by molar-refractivity contribution is 7.84. The van der Waals surface area contributed by atoms with Crippen LogP contribution in [-0.4, -0.2) is 18.5 Å². The zero-order chi connectivity index (χ0) is 18.9. The molecule has 0 heterocycles. The summed E-state index contributed by atoms with van der Waals surface area (Å²) in [5.41, 5.74) is 1.36. The van der Waals surface area contributed by atoms with Crippen molar-refractivity contribution in [3.05, 3.63) is 70.8 Å². The second-order valence-corrected chi connectivity index (χ2v) is 5.53. The highest BCUT2D eigenvalue weighted by Crippen LogP contribution is 2.17. The third-order valence-electron chi connectivity index (χ3n) is 3.27. The van der Waals surface area contributed by atoms with Gasteiger partial charge in [0.25, 0.3) is 5.91 Å². The lowest BCUT2D eigenvalue weighted by molar-refractivity contribution is -0.112. The lowest BCUT2D eigenvalue weighted by Gasteiger charge is -2.09. The summed E-state index contributed by atoms with van der Waals surface area (Å²) < 4.78 is 4.90. The molecule has 0 saturated carbocycles. The van der Waals surface area contributed by atoms with Gasteiger partial charge in [-0.05, 0) is 43.3 Å². The van der Waals surface area contributed by atoms with Crippen molar-refractivity contribution in [1.82, 2.24) is 0 Å². The van der Waals surface area contributed by atoms with Crippen LogP contribution >= 0.6 is 12.6 Å². The highest BCUT2D eigenvalue weighted by Gasteiger charge is 2.14. The first-order chi connectivity index (χ1) is 12.5. The number of amides is 1. The fraction of sp³-hybridized carbons (Fsp3) is 0.105. The van der Waals surface area contributed by atoms with E-state index in [4.69, 9.17) is 4.74 Å². The second kappa shape index (κ2) is 9.30. The van der Waals surface area contributed by atoms with Crippen LogP contribution in [0, 0.1) is 11.3 Å². The van der Waals surface area contributed by atoms with Gasteiger partial charge >= 0.3 is 5.97 Å². The highest BCUT2D eigenvalue weighted by atomic mass is 32.1. The molecule has 0 atom stereocenters. The Hall–Kier alpha value is -3.24. The molecule has 2 rings (SSSR count). The molecule has 1 amide bonds. The van der Waals surface area contributed by atoms with Crippen molar-refractivity contribution in [3.63, 3.8) is 0 Å². The van der Waals surface area contributed by atoms with Crippen LogP contribution in [0.1, 0.15) is 17.3 Å². The summed E-state index contributed by atoms with van der Waals surface area (Å²) in [5.74, 6) is -1.04. The summed E-state index contributed by atoms with van der Waals surface area (Å²) in [7, 11) is 0. The van der Waals surface area contributed by atoms with Gasteiger partial charge in [0, 0.05) is 11.4 Å². The first kappa shape index (κ1) is 19.1. The van der Waals surface area contributed by atoms with Crippen molar-refractivity contribution < 1.29 is 14.3 Å². The van der Waals surface area contributed by atoms with E-state index in [9.17, 15) is 14.9 Å². The molecule has 0 fully saturated rings. The van der Waals surface area contributed by atoms with Gasteiger partial charge in [-0.2, -0.15) is 5.26 Å². The van der Waals surface area contributed by atoms with Crippen molar-refractivity contribution in [1.29, 1.82) is 5.26 Å². The van der Waals surface area contributed by atoms with Crippen LogP contribution in [0.3, 0.4) is 0 Å². The normalized spacial score (nSPS) is 11.0. The topological polar surface area (TPSA) is 91.2 Å². The number of anilines is 2. The van der Waals surface area contributed by atoms with Gasteiger partial charge < -0.3 is 15.4 Å². The second-order valence-electron chi connectivity index (χ2n) is 5.08. The third kappa shape index (κ3) is 5.13. The van der Waals surface area contributed by atoms with E-state index >= 15 is 0 Å². The molecule has 2 aromatic rings. The van der Waals surface area contributed by atoms with E-state index in [1.807, 2.05) is 24.3 Å². The van der Waals surface area contributed by atoms with E-state index in [0.29, 0.717) is 16.9 Å². The Kier molecular flexibility index (Phi) is 6.83. The Morgan fingerprint density at radius 2 is 1.65 bits per heavy atom. The lowest BCUT2D eigenvalue weighted by atomic mass is 10.2. The van der Waals surface area contributed by atoms with Crippen molar-refractivity contribution in [2.24, 2.45) is 0 Å². The summed E-state index contributed by atoms with van der Waals surface area (Å²) in [5, 5.41) is 14.9. The molecular weight excluding hydrogens is 350 g/mol. The van der Waals surface area contributed by atoms with E-state index in [-0.39, 0.29) is 17.2 Å². The Morgan fingerprint density at radius 3 is 2.23 bits per heavy atom. The number of carbonyl (C=O) groups is 2. The number of benzene rings is 2. The smallest absolute Gasteiger partial charge is 0.338 e. The number of rotatable bonds is 6. The maximum Gasteiger partial charge on any atom is 0.338 e. The quantitative estimate of drug-likeness (QED) is 0.314. The van der Waals surface area contributed by atoms with Gasteiger partial charge in [-0.15, -0.1) is 12.6 Å². The summed E-state index contributed by atoms with van der Waals surface area (Å²) in [6.07, 6.45) is 0. The lowest BCUT2D eigenvalue weighted by Crippen LogP contribution is -2.16. The standard InChI is InChI=1S/C19H17N3O3S/c1-2-25-19(24)13-8-10-15(11-9-13)21-17(23)16(12-20)18(26)22-14-6-4-3-5-7-14/h3-11,22,26H,2H2,1H3,(H,21,23). The van der Waals surface area contributed by atoms with Crippen LogP contribution < -0.4 is 10.6 Å². The van der Waals surface area contributed by atoms with Gasteiger partial charge in [0.1, 0.15) is 11.6 Å². The van der Waals surface area contributed by atoms with E-state index in [1.165, 1.54) is 12.1 Å². The van der Waals surface area contributed by atoms with Crippen molar-refractivity contribution in [2.45, 2.75) is 6.92 Å². The first-order valence-corrected chi connectivity index (χ1v) is 8.23. The Bertz CT molecular complexity index is 856. The van der Waals surface area contributed by atoms with Gasteiger partial charge in [-0.1, -0.05) is 18.2 Å². The van der Waals surface area contributed by atoms with Crippen molar-refractivity contribution in [3.8, 4) is 6.07 Å². The molecule has 0 aliphatic rings. The first-order valence-electron chi connectivity index (χ1n) is 7.79. The summed E-state index contributed by atoms with van der Waals surface area (Å²) in [6, 6.07) is 17.1.